The van der Waals surface area contributed by atoms with Crippen LogP contribution in [0.5, 0.6) is 5.75 Å². The third-order valence-electron chi connectivity index (χ3n) is 3.56. The highest BCUT2D eigenvalue weighted by Crippen LogP contribution is 2.52. The second-order valence-electron chi connectivity index (χ2n) is 5.50. The maximum absolute atomic E-state index is 13.8. The summed E-state index contributed by atoms with van der Waals surface area (Å²) < 4.78 is 69.4. The van der Waals surface area contributed by atoms with E-state index < -0.39 is 44.1 Å². The third kappa shape index (κ3) is 3.25. The van der Waals surface area contributed by atoms with Crippen LogP contribution >= 0.6 is 11.8 Å². The minimum atomic E-state index is -4.00. The number of rotatable bonds is 3. The number of aliphatic hydroxyl groups excluding tert-OH is 1. The first-order chi connectivity index (χ1) is 12.0. The summed E-state index contributed by atoms with van der Waals surface area (Å²) in [7, 11) is -3.90. The molecule has 2 aromatic rings. The lowest BCUT2D eigenvalue weighted by atomic mass is 10.1. The Morgan fingerprint density at radius 1 is 1.31 bits per heavy atom. The van der Waals surface area contributed by atoms with E-state index in [-0.39, 0.29) is 15.5 Å². The van der Waals surface area contributed by atoms with Gasteiger partial charge in [0.15, 0.2) is 21.6 Å². The van der Waals surface area contributed by atoms with Crippen LogP contribution in [0.2, 0.25) is 0 Å². The number of hydrogen-bond donors (Lipinski definition) is 1. The molecule has 0 spiro atoms. The van der Waals surface area contributed by atoms with E-state index in [9.17, 15) is 26.7 Å². The molecule has 1 aliphatic rings. The zero-order valence-electron chi connectivity index (χ0n) is 13.0. The van der Waals surface area contributed by atoms with Crippen LogP contribution in [0, 0.1) is 12.4 Å². The van der Waals surface area contributed by atoms with Crippen LogP contribution in [0.4, 0.5) is 18.9 Å². The molecule has 1 atom stereocenters. The molecule has 26 heavy (non-hydrogen) atoms. The van der Waals surface area contributed by atoms with E-state index in [0.717, 1.165) is 36.2 Å². The zero-order valence-corrected chi connectivity index (χ0v) is 14.7. The third-order valence-corrected chi connectivity index (χ3v) is 5.73. The molecule has 0 aromatic heterocycles. The Balaban J connectivity index is 2.15. The molecule has 1 unspecified atom stereocenters. The van der Waals surface area contributed by atoms with E-state index in [1.165, 1.54) is 12.1 Å². The molecular weight excluding hydrogens is 391 g/mol. The van der Waals surface area contributed by atoms with Crippen molar-refractivity contribution < 1.29 is 31.4 Å². The maximum atomic E-state index is 13.8. The van der Waals surface area contributed by atoms with Gasteiger partial charge in [-0.2, -0.15) is 8.78 Å². The minimum absolute atomic E-state index is 0.0168. The van der Waals surface area contributed by atoms with Crippen molar-refractivity contribution in [1.29, 1.82) is 0 Å². The second-order valence-corrected chi connectivity index (χ2v) is 8.60. The van der Waals surface area contributed by atoms with Gasteiger partial charge in [-0.1, -0.05) is 11.8 Å². The fraction of sp³-hybridized carbons (Fsp3) is 0.188. The van der Waals surface area contributed by atoms with Gasteiger partial charge in [0, 0.05) is 11.2 Å². The summed E-state index contributed by atoms with van der Waals surface area (Å²) in [6, 6.07) is 5.78. The lowest BCUT2D eigenvalue weighted by Gasteiger charge is -2.12. The monoisotopic (exact) mass is 401 g/mol. The molecule has 10 heteroatoms. The molecule has 0 aliphatic carbocycles. The molecule has 1 heterocycles. The number of benzene rings is 2. The highest BCUT2D eigenvalue weighted by molar-refractivity contribution is 7.99. The Labute approximate surface area is 151 Å². The predicted octanol–water partition coefficient (Wildman–Crippen LogP) is 3.95. The fourth-order valence-electron chi connectivity index (χ4n) is 2.49. The first-order valence-electron chi connectivity index (χ1n) is 7.00. The molecule has 1 N–H and O–H groups in total. The van der Waals surface area contributed by atoms with Crippen molar-refractivity contribution in [3.8, 4) is 5.75 Å². The number of aliphatic hydroxyl groups is 1. The van der Waals surface area contributed by atoms with Crippen molar-refractivity contribution in [2.75, 3.05) is 6.26 Å². The zero-order chi connectivity index (χ0) is 19.3. The fourth-order valence-corrected chi connectivity index (χ4v) is 4.39. The molecule has 0 fully saturated rings. The van der Waals surface area contributed by atoms with Crippen molar-refractivity contribution in [1.82, 2.24) is 0 Å². The first kappa shape index (κ1) is 18.6. The number of hydrogen-bond acceptors (Lipinski definition) is 5. The predicted molar refractivity (Wildman–Crippen MR) is 86.9 cm³/mol. The molecule has 0 saturated heterocycles. The molecule has 136 valence electrons. The van der Waals surface area contributed by atoms with Gasteiger partial charge in [-0.3, -0.25) is 0 Å². The van der Waals surface area contributed by atoms with Crippen molar-refractivity contribution in [2.24, 2.45) is 0 Å². The number of sulfone groups is 1. The number of nitrogens with zero attached hydrogens (tertiary/aromatic N) is 1. The number of fused-ring (bicyclic) bond motifs is 1. The minimum Gasteiger partial charge on any atom is -0.429 e. The number of halogens is 3. The van der Waals surface area contributed by atoms with Crippen molar-refractivity contribution in [3.05, 3.63) is 53.1 Å². The summed E-state index contributed by atoms with van der Waals surface area (Å²) in [5, 5.41) is 9.82. The lowest BCUT2D eigenvalue weighted by Crippen LogP contribution is -2.26. The van der Waals surface area contributed by atoms with E-state index in [2.05, 4.69) is 9.58 Å². The Morgan fingerprint density at radius 2 is 2.00 bits per heavy atom. The van der Waals surface area contributed by atoms with Crippen LogP contribution in [0.15, 0.2) is 45.0 Å². The highest BCUT2D eigenvalue weighted by atomic mass is 32.2. The largest absolute Gasteiger partial charge is 0.429 e. The SMILES string of the molecule is [C-]#[N+]c1cc(F)cc(Sc2ccc(S(C)(=O)=O)c3c2OC(F)(F)C3O)c1. The lowest BCUT2D eigenvalue weighted by molar-refractivity contribution is -0.224. The van der Waals surface area contributed by atoms with Crippen LogP contribution in [0.25, 0.3) is 4.85 Å². The molecule has 0 bridgehead atoms. The van der Waals surface area contributed by atoms with Crippen molar-refractivity contribution in [2.45, 2.75) is 26.9 Å². The molecular formula is C16H10F3NO4S2. The topological polar surface area (TPSA) is 68.0 Å². The molecule has 1 aliphatic heterocycles. The van der Waals surface area contributed by atoms with E-state index in [4.69, 9.17) is 6.57 Å². The van der Waals surface area contributed by atoms with Gasteiger partial charge >= 0.3 is 6.11 Å². The van der Waals surface area contributed by atoms with Crippen molar-refractivity contribution in [3.63, 3.8) is 0 Å². The van der Waals surface area contributed by atoms with Crippen LogP contribution in [0.1, 0.15) is 11.7 Å². The summed E-state index contributed by atoms with van der Waals surface area (Å²) >= 11 is 0.811. The second kappa shape index (κ2) is 6.19. The average molecular weight is 401 g/mol. The molecule has 0 amide bonds. The van der Waals surface area contributed by atoms with Gasteiger partial charge in [0.1, 0.15) is 11.6 Å². The first-order valence-corrected chi connectivity index (χ1v) is 9.71. The average Bonchev–Trinajstić information content (AvgIpc) is 2.77. The van der Waals surface area contributed by atoms with Gasteiger partial charge < -0.3 is 9.84 Å². The van der Waals surface area contributed by atoms with Gasteiger partial charge in [-0.25, -0.2) is 17.7 Å². The van der Waals surface area contributed by atoms with Crippen LogP contribution in [-0.4, -0.2) is 25.9 Å². The summed E-state index contributed by atoms with van der Waals surface area (Å²) in [6.45, 7) is 6.94. The molecule has 0 radical (unpaired) electrons. The van der Waals surface area contributed by atoms with Gasteiger partial charge in [0.2, 0.25) is 0 Å². The Kier molecular flexibility index (Phi) is 4.42. The van der Waals surface area contributed by atoms with Gasteiger partial charge in [-0.15, -0.1) is 0 Å². The highest BCUT2D eigenvalue weighted by Gasteiger charge is 2.52. The van der Waals surface area contributed by atoms with Gasteiger partial charge in [-0.05, 0) is 30.3 Å². The van der Waals surface area contributed by atoms with Gasteiger partial charge in [0.25, 0.3) is 0 Å². The summed E-state index contributed by atoms with van der Waals surface area (Å²) in [5.41, 5.74) is -0.521. The standard InChI is InChI=1S/C16H10F3NO4S2/c1-20-9-5-8(17)6-10(7-9)25-11-3-4-12(26(2,22)23)13-14(11)24-16(18,19)15(13)21/h3-7,15,21H,2H3. The molecule has 0 saturated carbocycles. The molecule has 2 aromatic carbocycles. The summed E-state index contributed by atoms with van der Waals surface area (Å²) in [4.78, 5) is 2.94. The normalized spacial score (nSPS) is 18.1. The molecule has 5 nitrogen and oxygen atoms in total. The maximum Gasteiger partial charge on any atom is 0.429 e. The van der Waals surface area contributed by atoms with E-state index in [0.29, 0.717) is 0 Å². The summed E-state index contributed by atoms with van der Waals surface area (Å²) in [6.07, 6.45) is -5.62. The van der Waals surface area contributed by atoms with E-state index in [1.54, 1.807) is 0 Å². The smallest absolute Gasteiger partial charge is 0.429 e. The van der Waals surface area contributed by atoms with Gasteiger partial charge in [0.05, 0.1) is 21.9 Å². The Bertz CT molecular complexity index is 1050. The van der Waals surface area contributed by atoms with E-state index in [1.807, 2.05) is 0 Å². The van der Waals surface area contributed by atoms with Crippen LogP contribution < -0.4 is 4.74 Å². The quantitative estimate of drug-likeness (QED) is 0.789. The number of alkyl halides is 2. The Morgan fingerprint density at radius 3 is 2.62 bits per heavy atom. The molecule has 3 rings (SSSR count). The van der Waals surface area contributed by atoms with Crippen LogP contribution in [-0.2, 0) is 9.84 Å². The van der Waals surface area contributed by atoms with E-state index >= 15 is 0 Å². The van der Waals surface area contributed by atoms with Crippen LogP contribution in [0.3, 0.4) is 0 Å². The Hall–Kier alpha value is -2.22. The number of ether oxygens (including phenoxy) is 1. The summed E-state index contributed by atoms with van der Waals surface area (Å²) in [5.74, 6) is -1.17. The van der Waals surface area contributed by atoms with Crippen molar-refractivity contribution >= 4 is 27.3 Å².